The van der Waals surface area contributed by atoms with Gasteiger partial charge in [-0.15, -0.1) is 0 Å². The summed E-state index contributed by atoms with van der Waals surface area (Å²) >= 11 is 0. The van der Waals surface area contributed by atoms with Crippen LogP contribution in [0, 0.1) is 11.8 Å². The quantitative estimate of drug-likeness (QED) is 0.623. The van der Waals surface area contributed by atoms with Crippen molar-refractivity contribution in [1.29, 1.82) is 0 Å². The largest absolute Gasteiger partial charge is 0.480 e. The average molecular weight is 276 g/mol. The normalized spacial score (nSPS) is 13.5. The molecule has 6 heteroatoms. The number of ether oxygens (including phenoxy) is 1. The molecule has 0 aromatic carbocycles. The molecule has 6 nitrogen and oxygen atoms in total. The Bertz CT molecular complexity index is 267. The molecular weight excluding hydrogens is 248 g/mol. The molecule has 5 N–H and O–H groups in total. The lowest BCUT2D eigenvalue weighted by Crippen LogP contribution is -2.32. The van der Waals surface area contributed by atoms with E-state index in [1.54, 1.807) is 0 Å². The fourth-order valence-corrected chi connectivity index (χ4v) is 1.36. The topological polar surface area (TPSA) is 116 Å². The summed E-state index contributed by atoms with van der Waals surface area (Å²) in [5.74, 6) is -0.442. The monoisotopic (exact) mass is 276 g/mol. The Morgan fingerprint density at radius 1 is 1.00 bits per heavy atom. The number of hydrogen-bond donors (Lipinski definition) is 3. The van der Waals surface area contributed by atoms with Gasteiger partial charge in [-0.3, -0.25) is 9.59 Å². The van der Waals surface area contributed by atoms with Crippen LogP contribution in [-0.2, 0) is 14.3 Å². The molecule has 0 aromatic rings. The van der Waals surface area contributed by atoms with E-state index in [-0.39, 0.29) is 5.97 Å². The highest BCUT2D eigenvalue weighted by atomic mass is 16.5. The van der Waals surface area contributed by atoms with E-state index < -0.39 is 18.1 Å². The van der Waals surface area contributed by atoms with Gasteiger partial charge in [0.1, 0.15) is 12.1 Å². The predicted molar refractivity (Wildman–Crippen MR) is 74.5 cm³/mol. The number of aliphatic carboxylic acids is 1. The summed E-state index contributed by atoms with van der Waals surface area (Å²) in [6.07, 6.45) is 1.24. The summed E-state index contributed by atoms with van der Waals surface area (Å²) < 4.78 is 4.45. The summed E-state index contributed by atoms with van der Waals surface area (Å²) in [4.78, 5) is 20.8. The lowest BCUT2D eigenvalue weighted by Gasteiger charge is -2.10. The van der Waals surface area contributed by atoms with E-state index in [9.17, 15) is 9.59 Å². The van der Waals surface area contributed by atoms with Crippen molar-refractivity contribution in [3.63, 3.8) is 0 Å². The van der Waals surface area contributed by atoms with Gasteiger partial charge in [-0.1, -0.05) is 27.7 Å². The van der Waals surface area contributed by atoms with Crippen LogP contribution in [-0.4, -0.2) is 36.2 Å². The molecule has 0 unspecified atom stereocenters. The zero-order valence-corrected chi connectivity index (χ0v) is 12.6. The fraction of sp³-hybridized carbons (Fsp3) is 0.846. The Labute approximate surface area is 115 Å². The van der Waals surface area contributed by atoms with E-state index in [0.29, 0.717) is 24.7 Å². The molecule has 0 radical (unpaired) electrons. The van der Waals surface area contributed by atoms with E-state index in [1.807, 2.05) is 27.7 Å². The molecule has 0 rings (SSSR count). The summed E-state index contributed by atoms with van der Waals surface area (Å²) in [6.45, 7) is 7.93. The standard InChI is InChI=1S/C7H15NO2.C6H13NO2/c1-5(2)4-6(8)7(9)10-3;1-4(2)3-5(7)6(8)9/h5-6H,4,8H2,1-3H3;4-5H,3,7H2,1-2H3,(H,8,9)/t6-;5-/m00/s1. The minimum absolute atomic E-state index is 0.325. The van der Waals surface area contributed by atoms with Gasteiger partial charge < -0.3 is 21.3 Å². The molecule has 0 amide bonds. The Kier molecular flexibility index (Phi) is 11.4. The molecule has 2 atom stereocenters. The van der Waals surface area contributed by atoms with E-state index >= 15 is 0 Å². The van der Waals surface area contributed by atoms with Gasteiger partial charge in [0.15, 0.2) is 0 Å². The van der Waals surface area contributed by atoms with Crippen molar-refractivity contribution in [2.24, 2.45) is 23.3 Å². The van der Waals surface area contributed by atoms with Gasteiger partial charge in [-0.25, -0.2) is 0 Å². The Balaban J connectivity index is 0. The molecule has 19 heavy (non-hydrogen) atoms. The van der Waals surface area contributed by atoms with Crippen LogP contribution in [0.4, 0.5) is 0 Å². The van der Waals surface area contributed by atoms with Crippen LogP contribution in [0.1, 0.15) is 40.5 Å². The van der Waals surface area contributed by atoms with Crippen LogP contribution in [0.25, 0.3) is 0 Å². The predicted octanol–water partition coefficient (Wildman–Crippen LogP) is 0.977. The molecule has 0 saturated carbocycles. The zero-order valence-electron chi connectivity index (χ0n) is 12.6. The van der Waals surface area contributed by atoms with Crippen LogP contribution in [0.2, 0.25) is 0 Å². The number of rotatable bonds is 6. The van der Waals surface area contributed by atoms with Crippen LogP contribution < -0.4 is 11.5 Å². The lowest BCUT2D eigenvalue weighted by molar-refractivity contribution is -0.142. The van der Waals surface area contributed by atoms with Gasteiger partial charge in [-0.2, -0.15) is 0 Å². The number of methoxy groups -OCH3 is 1. The highest BCUT2D eigenvalue weighted by Crippen LogP contribution is 2.03. The summed E-state index contributed by atoms with van der Waals surface area (Å²) in [5, 5.41) is 8.31. The maximum atomic E-state index is 10.7. The molecule has 0 heterocycles. The first-order valence-electron chi connectivity index (χ1n) is 6.43. The minimum atomic E-state index is -0.913. The van der Waals surface area contributed by atoms with Crippen LogP contribution in [0.15, 0.2) is 0 Å². The Morgan fingerprint density at radius 3 is 1.58 bits per heavy atom. The van der Waals surface area contributed by atoms with Gasteiger partial charge in [0, 0.05) is 0 Å². The molecular formula is C13H28N2O4. The highest BCUT2D eigenvalue weighted by molar-refractivity contribution is 5.75. The van der Waals surface area contributed by atoms with E-state index in [2.05, 4.69) is 4.74 Å². The average Bonchev–Trinajstić information content (AvgIpc) is 2.26. The van der Waals surface area contributed by atoms with E-state index in [0.717, 1.165) is 0 Å². The third-order valence-corrected chi connectivity index (χ3v) is 2.27. The molecule has 0 bridgehead atoms. The molecule has 0 aliphatic heterocycles. The van der Waals surface area contributed by atoms with Crippen molar-refractivity contribution in [3.05, 3.63) is 0 Å². The molecule has 114 valence electrons. The van der Waals surface area contributed by atoms with Crippen molar-refractivity contribution in [2.45, 2.75) is 52.6 Å². The van der Waals surface area contributed by atoms with Crippen LogP contribution in [0.3, 0.4) is 0 Å². The number of hydrogen-bond acceptors (Lipinski definition) is 5. The van der Waals surface area contributed by atoms with Crippen molar-refractivity contribution >= 4 is 11.9 Å². The second kappa shape index (κ2) is 10.8. The number of carboxylic acid groups (broad SMARTS) is 1. The summed E-state index contributed by atoms with van der Waals surface area (Å²) in [6, 6.07) is -1.14. The van der Waals surface area contributed by atoms with Crippen molar-refractivity contribution in [1.82, 2.24) is 0 Å². The number of carboxylic acids is 1. The zero-order chi connectivity index (χ0) is 15.6. The molecule has 0 saturated heterocycles. The van der Waals surface area contributed by atoms with Gasteiger partial charge >= 0.3 is 11.9 Å². The first-order chi connectivity index (χ1) is 8.61. The number of carbonyl (C=O) groups is 2. The van der Waals surface area contributed by atoms with Crippen LogP contribution in [0.5, 0.6) is 0 Å². The Morgan fingerprint density at radius 2 is 1.37 bits per heavy atom. The van der Waals surface area contributed by atoms with E-state index in [4.69, 9.17) is 16.6 Å². The summed E-state index contributed by atoms with van der Waals surface area (Å²) in [7, 11) is 1.35. The maximum absolute atomic E-state index is 10.7. The first kappa shape index (κ1) is 20.2. The SMILES string of the molecule is CC(C)C[C@H](N)C(=O)O.COC(=O)[C@@H](N)CC(C)C. The molecule has 0 fully saturated rings. The van der Waals surface area contributed by atoms with Crippen molar-refractivity contribution < 1.29 is 19.4 Å². The van der Waals surface area contributed by atoms with Gasteiger partial charge in [0.25, 0.3) is 0 Å². The third kappa shape index (κ3) is 13.1. The lowest BCUT2D eigenvalue weighted by atomic mass is 10.1. The van der Waals surface area contributed by atoms with Gasteiger partial charge in [0.2, 0.25) is 0 Å². The summed E-state index contributed by atoms with van der Waals surface area (Å²) in [5.41, 5.74) is 10.7. The maximum Gasteiger partial charge on any atom is 0.322 e. The molecule has 0 aliphatic carbocycles. The minimum Gasteiger partial charge on any atom is -0.480 e. The molecule has 0 spiro atoms. The number of esters is 1. The van der Waals surface area contributed by atoms with Crippen molar-refractivity contribution in [2.75, 3.05) is 7.11 Å². The second-order valence-corrected chi connectivity index (χ2v) is 5.33. The smallest absolute Gasteiger partial charge is 0.322 e. The van der Waals surface area contributed by atoms with Crippen molar-refractivity contribution in [3.8, 4) is 0 Å². The van der Waals surface area contributed by atoms with E-state index in [1.165, 1.54) is 7.11 Å². The highest BCUT2D eigenvalue weighted by Gasteiger charge is 2.14. The van der Waals surface area contributed by atoms with Gasteiger partial charge in [-0.05, 0) is 24.7 Å². The molecule has 0 aliphatic rings. The van der Waals surface area contributed by atoms with Crippen LogP contribution >= 0.6 is 0 Å². The van der Waals surface area contributed by atoms with Gasteiger partial charge in [0.05, 0.1) is 7.11 Å². The fourth-order valence-electron chi connectivity index (χ4n) is 1.36. The molecule has 0 aromatic heterocycles. The second-order valence-electron chi connectivity index (χ2n) is 5.33. The number of carbonyl (C=O) groups excluding carboxylic acids is 1. The number of nitrogens with two attached hydrogens (primary N) is 2. The first-order valence-corrected chi connectivity index (χ1v) is 6.43. The Hall–Kier alpha value is -1.14. The third-order valence-electron chi connectivity index (χ3n) is 2.27.